The summed E-state index contributed by atoms with van der Waals surface area (Å²) in [5.41, 5.74) is 1.15. The van der Waals surface area contributed by atoms with Gasteiger partial charge in [-0.05, 0) is 48.6 Å². The van der Waals surface area contributed by atoms with E-state index in [9.17, 15) is 13.2 Å². The molecule has 1 heterocycles. The second-order valence-corrected chi connectivity index (χ2v) is 9.26. The first-order valence-corrected chi connectivity index (χ1v) is 11.4. The van der Waals surface area contributed by atoms with E-state index in [0.29, 0.717) is 18.7 Å². The van der Waals surface area contributed by atoms with Crippen LogP contribution in [0.1, 0.15) is 36.0 Å². The summed E-state index contributed by atoms with van der Waals surface area (Å²) >= 11 is 0. The molecule has 6 heteroatoms. The smallest absolute Gasteiger partial charge is 0.255 e. The third kappa shape index (κ3) is 4.18. The Bertz CT molecular complexity index is 1110. The van der Waals surface area contributed by atoms with Crippen molar-refractivity contribution in [3.05, 3.63) is 72.3 Å². The molecule has 4 rings (SSSR count). The van der Waals surface area contributed by atoms with Crippen LogP contribution in [0.4, 0.5) is 5.69 Å². The second kappa shape index (κ2) is 8.35. The van der Waals surface area contributed by atoms with Gasteiger partial charge >= 0.3 is 0 Å². The van der Waals surface area contributed by atoms with Crippen LogP contribution >= 0.6 is 0 Å². The highest BCUT2D eigenvalue weighted by atomic mass is 32.2. The second-order valence-electron chi connectivity index (χ2n) is 7.32. The molecule has 1 saturated heterocycles. The highest BCUT2D eigenvalue weighted by Crippen LogP contribution is 2.24. The number of sulfonamides is 1. The predicted octanol–water partition coefficient (Wildman–Crippen LogP) is 4.66. The molecular formula is C23H24N2O3S. The monoisotopic (exact) mass is 408 g/mol. The van der Waals surface area contributed by atoms with Crippen molar-refractivity contribution in [2.24, 2.45) is 0 Å². The van der Waals surface area contributed by atoms with Crippen molar-refractivity contribution in [3.8, 4) is 0 Å². The number of hydrogen-bond donors (Lipinski definition) is 1. The van der Waals surface area contributed by atoms with Gasteiger partial charge in [-0.2, -0.15) is 4.31 Å². The van der Waals surface area contributed by atoms with E-state index in [1.54, 1.807) is 16.4 Å². The zero-order valence-electron chi connectivity index (χ0n) is 16.2. The van der Waals surface area contributed by atoms with Crippen LogP contribution in [-0.2, 0) is 10.0 Å². The van der Waals surface area contributed by atoms with Crippen LogP contribution in [0.15, 0.2) is 71.6 Å². The number of carbonyl (C=O) groups excluding carboxylic acids is 1. The van der Waals surface area contributed by atoms with E-state index in [4.69, 9.17) is 0 Å². The van der Waals surface area contributed by atoms with Crippen molar-refractivity contribution in [1.29, 1.82) is 0 Å². The molecule has 1 aliphatic heterocycles. The number of hydrogen-bond acceptors (Lipinski definition) is 3. The molecule has 0 radical (unpaired) electrons. The van der Waals surface area contributed by atoms with Crippen molar-refractivity contribution in [1.82, 2.24) is 4.31 Å². The molecule has 3 aromatic carbocycles. The Balaban J connectivity index is 1.53. The van der Waals surface area contributed by atoms with E-state index in [2.05, 4.69) is 5.32 Å². The lowest BCUT2D eigenvalue weighted by atomic mass is 10.1. The summed E-state index contributed by atoms with van der Waals surface area (Å²) < 4.78 is 27.3. The van der Waals surface area contributed by atoms with Gasteiger partial charge < -0.3 is 5.32 Å². The highest BCUT2D eigenvalue weighted by Gasteiger charge is 2.25. The van der Waals surface area contributed by atoms with Crippen LogP contribution in [0.3, 0.4) is 0 Å². The summed E-state index contributed by atoms with van der Waals surface area (Å²) in [5, 5.41) is 4.94. The van der Waals surface area contributed by atoms with Gasteiger partial charge in [0.2, 0.25) is 10.0 Å². The Morgan fingerprint density at radius 3 is 2.17 bits per heavy atom. The first-order chi connectivity index (χ1) is 14.1. The van der Waals surface area contributed by atoms with E-state index < -0.39 is 10.0 Å². The van der Waals surface area contributed by atoms with Crippen molar-refractivity contribution in [3.63, 3.8) is 0 Å². The van der Waals surface area contributed by atoms with E-state index in [1.807, 2.05) is 42.5 Å². The molecule has 29 heavy (non-hydrogen) atoms. The Morgan fingerprint density at radius 1 is 0.793 bits per heavy atom. The Kier molecular flexibility index (Phi) is 5.65. The molecule has 0 spiro atoms. The number of amides is 1. The summed E-state index contributed by atoms with van der Waals surface area (Å²) in [4.78, 5) is 12.9. The lowest BCUT2D eigenvalue weighted by Crippen LogP contribution is -2.31. The number of nitrogens with zero attached hydrogens (tertiary/aromatic N) is 1. The molecular weight excluding hydrogens is 384 g/mol. The van der Waals surface area contributed by atoms with Gasteiger partial charge in [0, 0.05) is 29.7 Å². The topological polar surface area (TPSA) is 66.5 Å². The van der Waals surface area contributed by atoms with Crippen LogP contribution in [-0.4, -0.2) is 31.7 Å². The van der Waals surface area contributed by atoms with Gasteiger partial charge in [-0.15, -0.1) is 0 Å². The van der Waals surface area contributed by atoms with Crippen LogP contribution in [0.5, 0.6) is 0 Å². The van der Waals surface area contributed by atoms with Gasteiger partial charge in [-0.1, -0.05) is 49.2 Å². The zero-order chi connectivity index (χ0) is 20.3. The Labute approximate surface area is 171 Å². The molecule has 1 aliphatic rings. The summed E-state index contributed by atoms with van der Waals surface area (Å²) in [6, 6.07) is 19.8. The van der Waals surface area contributed by atoms with Crippen molar-refractivity contribution in [2.45, 2.75) is 30.6 Å². The van der Waals surface area contributed by atoms with Crippen molar-refractivity contribution in [2.75, 3.05) is 18.4 Å². The zero-order valence-corrected chi connectivity index (χ0v) is 17.0. The summed E-state index contributed by atoms with van der Waals surface area (Å²) in [6.07, 6.45) is 3.92. The summed E-state index contributed by atoms with van der Waals surface area (Å²) in [6.45, 7) is 1.12. The molecule has 1 N–H and O–H groups in total. The fraction of sp³-hybridized carbons (Fsp3) is 0.261. The third-order valence-electron chi connectivity index (χ3n) is 5.36. The quantitative estimate of drug-likeness (QED) is 0.683. The molecule has 1 fully saturated rings. The van der Waals surface area contributed by atoms with E-state index in [0.717, 1.165) is 42.1 Å². The maximum absolute atomic E-state index is 12.9. The number of rotatable bonds is 4. The third-order valence-corrected chi connectivity index (χ3v) is 7.27. The number of anilines is 1. The fourth-order valence-corrected chi connectivity index (χ4v) is 5.26. The van der Waals surface area contributed by atoms with Gasteiger partial charge in [0.1, 0.15) is 0 Å². The standard InChI is InChI=1S/C23H24N2O3S/c26-23(24-22-11-7-9-18-8-3-4-10-21(18)22)19-12-14-20(15-13-19)29(27,28)25-16-5-1-2-6-17-25/h3-4,7-15H,1-2,5-6,16-17H2,(H,24,26). The SMILES string of the molecule is O=C(Nc1cccc2ccccc12)c1ccc(S(=O)(=O)N2CCCCCC2)cc1. The lowest BCUT2D eigenvalue weighted by Gasteiger charge is -2.20. The van der Waals surface area contributed by atoms with Crippen LogP contribution in [0.25, 0.3) is 10.8 Å². The van der Waals surface area contributed by atoms with Crippen LogP contribution in [0, 0.1) is 0 Å². The van der Waals surface area contributed by atoms with Gasteiger partial charge in [-0.25, -0.2) is 8.42 Å². The van der Waals surface area contributed by atoms with Crippen molar-refractivity contribution >= 4 is 32.4 Å². The van der Waals surface area contributed by atoms with Crippen LogP contribution in [0.2, 0.25) is 0 Å². The maximum Gasteiger partial charge on any atom is 0.255 e. The molecule has 0 atom stereocenters. The number of carbonyl (C=O) groups is 1. The van der Waals surface area contributed by atoms with Crippen molar-refractivity contribution < 1.29 is 13.2 Å². The van der Waals surface area contributed by atoms with E-state index in [1.165, 1.54) is 12.1 Å². The Hall–Kier alpha value is -2.70. The first kappa shape index (κ1) is 19.6. The number of benzene rings is 3. The summed E-state index contributed by atoms with van der Waals surface area (Å²) in [7, 11) is -3.51. The average molecular weight is 409 g/mol. The molecule has 1 amide bonds. The maximum atomic E-state index is 12.9. The van der Waals surface area contributed by atoms with E-state index >= 15 is 0 Å². The minimum absolute atomic E-state index is 0.237. The normalized spacial score (nSPS) is 15.7. The molecule has 0 saturated carbocycles. The van der Waals surface area contributed by atoms with Gasteiger partial charge in [0.25, 0.3) is 5.91 Å². The minimum atomic E-state index is -3.51. The van der Waals surface area contributed by atoms with Gasteiger partial charge in [0.15, 0.2) is 0 Å². The fourth-order valence-electron chi connectivity index (χ4n) is 3.74. The molecule has 0 aromatic heterocycles. The highest BCUT2D eigenvalue weighted by molar-refractivity contribution is 7.89. The first-order valence-electron chi connectivity index (χ1n) is 9.95. The summed E-state index contributed by atoms with van der Waals surface area (Å²) in [5.74, 6) is -0.264. The number of nitrogens with one attached hydrogen (secondary N) is 1. The number of fused-ring (bicyclic) bond motifs is 1. The lowest BCUT2D eigenvalue weighted by molar-refractivity contribution is 0.102. The van der Waals surface area contributed by atoms with Crippen LogP contribution < -0.4 is 5.32 Å². The molecule has 3 aromatic rings. The van der Waals surface area contributed by atoms with E-state index in [-0.39, 0.29) is 10.8 Å². The Morgan fingerprint density at radius 2 is 1.45 bits per heavy atom. The predicted molar refractivity (Wildman–Crippen MR) is 116 cm³/mol. The minimum Gasteiger partial charge on any atom is -0.321 e. The molecule has 5 nitrogen and oxygen atoms in total. The molecule has 150 valence electrons. The molecule has 0 aliphatic carbocycles. The van der Waals surface area contributed by atoms with Gasteiger partial charge in [0.05, 0.1) is 4.90 Å². The largest absolute Gasteiger partial charge is 0.321 e. The molecule has 0 bridgehead atoms. The molecule has 0 unspecified atom stereocenters. The van der Waals surface area contributed by atoms with Gasteiger partial charge in [-0.3, -0.25) is 4.79 Å². The average Bonchev–Trinajstić information content (AvgIpc) is 3.04.